The van der Waals surface area contributed by atoms with Crippen LogP contribution in [0.5, 0.6) is 11.5 Å². The first kappa shape index (κ1) is 15.0. The fourth-order valence-electron chi connectivity index (χ4n) is 2.07. The third-order valence-electron chi connectivity index (χ3n) is 3.42. The highest BCUT2D eigenvalue weighted by Crippen LogP contribution is 2.34. The number of nitrogens with one attached hydrogen (secondary N) is 1. The number of nitro groups is 1. The molecule has 0 saturated heterocycles. The molecule has 5 nitrogen and oxygen atoms in total. The van der Waals surface area contributed by atoms with Crippen molar-refractivity contribution in [3.63, 3.8) is 0 Å². The predicted octanol–water partition coefficient (Wildman–Crippen LogP) is 3.98. The Balaban J connectivity index is 2.27. The number of benzene rings is 2. The number of hydrogen-bond donors (Lipinski definition) is 1. The summed E-state index contributed by atoms with van der Waals surface area (Å²) in [7, 11) is 1.89. The van der Waals surface area contributed by atoms with Crippen molar-refractivity contribution in [3.8, 4) is 11.5 Å². The highest BCUT2D eigenvalue weighted by Gasteiger charge is 2.18. The topological polar surface area (TPSA) is 64.4 Å². The zero-order valence-electron chi connectivity index (χ0n) is 12.3. The molecule has 0 radical (unpaired) electrons. The van der Waals surface area contributed by atoms with E-state index in [1.54, 1.807) is 25.1 Å². The van der Waals surface area contributed by atoms with Crippen molar-refractivity contribution in [1.82, 2.24) is 5.32 Å². The largest absolute Gasteiger partial charge is 0.450 e. The molecule has 2 rings (SSSR count). The Hall–Kier alpha value is -2.40. The summed E-state index contributed by atoms with van der Waals surface area (Å²) in [4.78, 5) is 10.7. The van der Waals surface area contributed by atoms with E-state index >= 15 is 0 Å². The third-order valence-corrected chi connectivity index (χ3v) is 3.42. The SMILES string of the molecule is CNC(C)c1ccc(Oc2cccc(C)c2[N+](=O)[O-])cc1. The van der Waals surface area contributed by atoms with E-state index in [4.69, 9.17) is 4.74 Å². The quantitative estimate of drug-likeness (QED) is 0.667. The number of nitrogens with zero attached hydrogens (tertiary/aromatic N) is 1. The number of aryl methyl sites for hydroxylation is 1. The molecule has 0 spiro atoms. The van der Waals surface area contributed by atoms with Crippen molar-refractivity contribution in [2.45, 2.75) is 19.9 Å². The lowest BCUT2D eigenvalue weighted by molar-refractivity contribution is -0.386. The van der Waals surface area contributed by atoms with Gasteiger partial charge in [-0.1, -0.05) is 24.3 Å². The van der Waals surface area contributed by atoms with Gasteiger partial charge in [0.15, 0.2) is 0 Å². The van der Waals surface area contributed by atoms with Crippen LogP contribution in [0.1, 0.15) is 24.1 Å². The molecule has 110 valence electrons. The Morgan fingerprint density at radius 1 is 1.19 bits per heavy atom. The van der Waals surface area contributed by atoms with Crippen molar-refractivity contribution in [2.24, 2.45) is 0 Å². The first-order valence-corrected chi connectivity index (χ1v) is 6.72. The number of ether oxygens (including phenoxy) is 1. The van der Waals surface area contributed by atoms with Gasteiger partial charge in [0.2, 0.25) is 5.75 Å². The minimum Gasteiger partial charge on any atom is -0.450 e. The Kier molecular flexibility index (Phi) is 4.55. The lowest BCUT2D eigenvalue weighted by Gasteiger charge is -2.12. The first-order valence-electron chi connectivity index (χ1n) is 6.72. The van der Waals surface area contributed by atoms with Crippen molar-refractivity contribution in [3.05, 3.63) is 63.7 Å². The molecule has 0 heterocycles. The molecule has 2 aromatic rings. The molecule has 2 aromatic carbocycles. The van der Waals surface area contributed by atoms with Gasteiger partial charge in [-0.15, -0.1) is 0 Å². The van der Waals surface area contributed by atoms with Crippen molar-refractivity contribution in [1.29, 1.82) is 0 Å². The summed E-state index contributed by atoms with van der Waals surface area (Å²) in [5.41, 5.74) is 1.71. The zero-order valence-corrected chi connectivity index (χ0v) is 12.3. The molecule has 21 heavy (non-hydrogen) atoms. The number of rotatable bonds is 5. The summed E-state index contributed by atoms with van der Waals surface area (Å²) >= 11 is 0. The summed E-state index contributed by atoms with van der Waals surface area (Å²) in [5, 5.41) is 14.3. The molecule has 0 aromatic heterocycles. The van der Waals surface area contributed by atoms with Gasteiger partial charge in [0, 0.05) is 11.6 Å². The van der Waals surface area contributed by atoms with E-state index in [9.17, 15) is 10.1 Å². The van der Waals surface area contributed by atoms with Crippen molar-refractivity contribution >= 4 is 5.69 Å². The Labute approximate surface area is 123 Å². The fraction of sp³-hybridized carbons (Fsp3) is 0.250. The minimum atomic E-state index is -0.415. The van der Waals surface area contributed by atoms with E-state index in [0.29, 0.717) is 11.3 Å². The summed E-state index contributed by atoms with van der Waals surface area (Å²) in [6.07, 6.45) is 0. The van der Waals surface area contributed by atoms with Crippen LogP contribution in [0.15, 0.2) is 42.5 Å². The fourth-order valence-corrected chi connectivity index (χ4v) is 2.07. The van der Waals surface area contributed by atoms with Gasteiger partial charge in [-0.2, -0.15) is 0 Å². The predicted molar refractivity (Wildman–Crippen MR) is 81.8 cm³/mol. The summed E-state index contributed by atoms with van der Waals surface area (Å²) in [6, 6.07) is 12.8. The molecular weight excluding hydrogens is 268 g/mol. The van der Waals surface area contributed by atoms with Gasteiger partial charge in [0.1, 0.15) is 5.75 Å². The summed E-state index contributed by atoms with van der Waals surface area (Å²) in [6.45, 7) is 3.75. The molecule has 0 saturated carbocycles. The van der Waals surface area contributed by atoms with Crippen molar-refractivity contribution in [2.75, 3.05) is 7.05 Å². The van der Waals surface area contributed by atoms with Crippen LogP contribution in [0.4, 0.5) is 5.69 Å². The Morgan fingerprint density at radius 3 is 2.43 bits per heavy atom. The van der Waals surface area contributed by atoms with E-state index < -0.39 is 4.92 Å². The molecule has 1 unspecified atom stereocenters. The monoisotopic (exact) mass is 286 g/mol. The van der Waals surface area contributed by atoms with E-state index in [0.717, 1.165) is 5.56 Å². The molecule has 0 fully saturated rings. The maximum absolute atomic E-state index is 11.1. The normalized spacial score (nSPS) is 12.0. The highest BCUT2D eigenvalue weighted by molar-refractivity contribution is 5.53. The average molecular weight is 286 g/mol. The van der Waals surface area contributed by atoms with Gasteiger partial charge in [-0.3, -0.25) is 10.1 Å². The smallest absolute Gasteiger partial charge is 0.314 e. The molecule has 5 heteroatoms. The van der Waals surface area contributed by atoms with Crippen molar-refractivity contribution < 1.29 is 9.66 Å². The van der Waals surface area contributed by atoms with E-state index in [2.05, 4.69) is 12.2 Å². The van der Waals surface area contributed by atoms with Gasteiger partial charge in [0.05, 0.1) is 4.92 Å². The van der Waals surface area contributed by atoms with Gasteiger partial charge >= 0.3 is 5.69 Å². The second kappa shape index (κ2) is 6.37. The van der Waals surface area contributed by atoms with Gasteiger partial charge < -0.3 is 10.1 Å². The van der Waals surface area contributed by atoms with E-state index in [1.165, 1.54) is 0 Å². The molecule has 0 aliphatic carbocycles. The molecule has 1 atom stereocenters. The number of nitro benzene ring substituents is 1. The Morgan fingerprint density at radius 2 is 1.86 bits per heavy atom. The van der Waals surface area contributed by atoms with Crippen LogP contribution in [-0.2, 0) is 0 Å². The van der Waals surface area contributed by atoms with Crippen LogP contribution in [-0.4, -0.2) is 12.0 Å². The lowest BCUT2D eigenvalue weighted by atomic mass is 10.1. The van der Waals surface area contributed by atoms with Gasteiger partial charge in [0.25, 0.3) is 0 Å². The maximum Gasteiger partial charge on any atom is 0.314 e. The molecule has 0 aliphatic heterocycles. The van der Waals surface area contributed by atoms with Crippen LogP contribution < -0.4 is 10.1 Å². The number of para-hydroxylation sites is 1. The minimum absolute atomic E-state index is 0.00479. The number of hydrogen-bond acceptors (Lipinski definition) is 4. The van der Waals surface area contributed by atoms with E-state index in [-0.39, 0.29) is 17.5 Å². The van der Waals surface area contributed by atoms with Crippen LogP contribution in [0.2, 0.25) is 0 Å². The third kappa shape index (κ3) is 3.38. The molecule has 0 aliphatic rings. The Bertz CT molecular complexity index is 638. The lowest BCUT2D eigenvalue weighted by Crippen LogP contribution is -2.11. The second-order valence-corrected chi connectivity index (χ2v) is 4.86. The molecule has 1 N–H and O–H groups in total. The van der Waals surface area contributed by atoms with Gasteiger partial charge in [-0.05, 0) is 44.7 Å². The highest BCUT2D eigenvalue weighted by atomic mass is 16.6. The molecule has 0 bridgehead atoms. The van der Waals surface area contributed by atoms with Gasteiger partial charge in [-0.25, -0.2) is 0 Å². The van der Waals surface area contributed by atoms with Crippen LogP contribution in [0, 0.1) is 17.0 Å². The van der Waals surface area contributed by atoms with Crippen LogP contribution in [0.3, 0.4) is 0 Å². The summed E-state index contributed by atoms with van der Waals surface area (Å²) in [5.74, 6) is 0.838. The summed E-state index contributed by atoms with van der Waals surface area (Å²) < 4.78 is 5.66. The van der Waals surface area contributed by atoms with E-state index in [1.807, 2.05) is 31.3 Å². The van der Waals surface area contributed by atoms with Crippen LogP contribution >= 0.6 is 0 Å². The second-order valence-electron chi connectivity index (χ2n) is 4.86. The zero-order chi connectivity index (χ0) is 15.4. The standard InChI is InChI=1S/C16H18N2O3/c1-11-5-4-6-15(16(11)18(19)20)21-14-9-7-13(8-10-14)12(2)17-3/h4-10,12,17H,1-3H3. The molecular formula is C16H18N2O3. The average Bonchev–Trinajstić information content (AvgIpc) is 2.47. The molecule has 0 amide bonds. The maximum atomic E-state index is 11.1. The van der Waals surface area contributed by atoms with Crippen LogP contribution in [0.25, 0.3) is 0 Å². The first-order chi connectivity index (χ1) is 10.0.